The number of thiophene rings is 1. The Balaban J connectivity index is 1.78. The molecule has 0 bridgehead atoms. The Morgan fingerprint density at radius 1 is 1.44 bits per heavy atom. The molecule has 3 rings (SSSR count). The molecule has 5 heteroatoms. The van der Waals surface area contributed by atoms with Gasteiger partial charge < -0.3 is 9.64 Å². The van der Waals surface area contributed by atoms with Gasteiger partial charge in [-0.25, -0.2) is 9.97 Å². The van der Waals surface area contributed by atoms with Crippen molar-refractivity contribution in [1.82, 2.24) is 9.97 Å². The Hall–Kier alpha value is -1.20. The summed E-state index contributed by atoms with van der Waals surface area (Å²) in [5.74, 6) is 1.01. The van der Waals surface area contributed by atoms with Gasteiger partial charge in [-0.2, -0.15) is 0 Å². The Bertz CT molecular complexity index is 522. The monoisotopic (exact) mass is 263 g/mol. The highest BCUT2D eigenvalue weighted by molar-refractivity contribution is 7.16. The van der Waals surface area contributed by atoms with Crippen molar-refractivity contribution in [1.29, 1.82) is 0 Å². The van der Waals surface area contributed by atoms with Gasteiger partial charge in [0, 0.05) is 20.2 Å². The molecular weight excluding hydrogens is 246 g/mol. The molecule has 1 fully saturated rings. The van der Waals surface area contributed by atoms with E-state index < -0.39 is 0 Å². The Morgan fingerprint density at radius 2 is 2.39 bits per heavy atom. The summed E-state index contributed by atoms with van der Waals surface area (Å²) in [6, 6.07) is 2.09. The molecule has 0 aliphatic carbocycles. The third-order valence-electron chi connectivity index (χ3n) is 3.35. The van der Waals surface area contributed by atoms with E-state index in [1.807, 2.05) is 0 Å². The summed E-state index contributed by atoms with van der Waals surface area (Å²) in [6.07, 6.45) is 5.61. The van der Waals surface area contributed by atoms with Gasteiger partial charge in [-0.15, -0.1) is 11.3 Å². The summed E-state index contributed by atoms with van der Waals surface area (Å²) in [5, 5.41) is 3.20. The summed E-state index contributed by atoms with van der Waals surface area (Å²) >= 11 is 1.66. The molecule has 0 amide bonds. The molecular formula is C13H17N3OS. The third-order valence-corrected chi connectivity index (χ3v) is 4.17. The zero-order valence-electron chi connectivity index (χ0n) is 10.5. The van der Waals surface area contributed by atoms with Crippen LogP contribution in [-0.2, 0) is 4.74 Å². The molecule has 1 atom stereocenters. The molecule has 2 aromatic rings. The lowest BCUT2D eigenvalue weighted by Gasteiger charge is -2.28. The van der Waals surface area contributed by atoms with E-state index in [1.54, 1.807) is 17.7 Å². The van der Waals surface area contributed by atoms with Crippen LogP contribution in [0.25, 0.3) is 10.2 Å². The first kappa shape index (κ1) is 11.9. The fourth-order valence-electron chi connectivity index (χ4n) is 2.42. The lowest BCUT2D eigenvalue weighted by atomic mass is 10.1. The smallest absolute Gasteiger partial charge is 0.140 e. The van der Waals surface area contributed by atoms with Crippen molar-refractivity contribution in [2.75, 3.05) is 25.1 Å². The minimum absolute atomic E-state index is 0.340. The number of aromatic nitrogens is 2. The quantitative estimate of drug-likeness (QED) is 0.853. The highest BCUT2D eigenvalue weighted by atomic mass is 32.1. The molecule has 1 saturated heterocycles. The van der Waals surface area contributed by atoms with Gasteiger partial charge in [0.2, 0.25) is 0 Å². The van der Waals surface area contributed by atoms with Crippen LogP contribution >= 0.6 is 11.3 Å². The molecule has 1 aliphatic rings. The number of hydrogen-bond donors (Lipinski definition) is 0. The first-order valence-electron chi connectivity index (χ1n) is 6.35. The van der Waals surface area contributed by atoms with E-state index in [4.69, 9.17) is 4.74 Å². The van der Waals surface area contributed by atoms with Crippen molar-refractivity contribution in [3.8, 4) is 0 Å². The molecule has 4 nitrogen and oxygen atoms in total. The zero-order valence-corrected chi connectivity index (χ0v) is 11.3. The van der Waals surface area contributed by atoms with Gasteiger partial charge in [0.25, 0.3) is 0 Å². The Morgan fingerprint density at radius 3 is 3.22 bits per heavy atom. The molecule has 96 valence electrons. The van der Waals surface area contributed by atoms with E-state index in [-0.39, 0.29) is 0 Å². The minimum Gasteiger partial charge on any atom is -0.376 e. The highest BCUT2D eigenvalue weighted by Crippen LogP contribution is 2.26. The van der Waals surface area contributed by atoms with Crippen LogP contribution in [0.1, 0.15) is 19.3 Å². The van der Waals surface area contributed by atoms with Gasteiger partial charge >= 0.3 is 0 Å². The van der Waals surface area contributed by atoms with E-state index in [0.717, 1.165) is 35.6 Å². The van der Waals surface area contributed by atoms with Crippen LogP contribution in [0.5, 0.6) is 0 Å². The van der Waals surface area contributed by atoms with Gasteiger partial charge in [-0.05, 0) is 30.7 Å². The van der Waals surface area contributed by atoms with Crippen LogP contribution in [0, 0.1) is 0 Å². The summed E-state index contributed by atoms with van der Waals surface area (Å²) in [6.45, 7) is 1.80. The molecule has 0 saturated carbocycles. The first-order chi connectivity index (χ1) is 8.84. The number of ether oxygens (including phenoxy) is 1. The molecule has 0 aromatic carbocycles. The SMILES string of the molecule is CN(CC1CCCCO1)c1ncnc2sccc12. The Labute approximate surface area is 111 Å². The van der Waals surface area contributed by atoms with E-state index >= 15 is 0 Å². The molecule has 1 aliphatic heterocycles. The molecule has 1 unspecified atom stereocenters. The normalized spacial score (nSPS) is 20.2. The second-order valence-corrected chi connectivity index (χ2v) is 5.60. The third kappa shape index (κ3) is 2.33. The zero-order chi connectivity index (χ0) is 12.4. The molecule has 3 heterocycles. The van der Waals surface area contributed by atoms with E-state index in [2.05, 4.69) is 33.4 Å². The highest BCUT2D eigenvalue weighted by Gasteiger charge is 2.18. The predicted octanol–water partition coefficient (Wildman–Crippen LogP) is 2.70. The van der Waals surface area contributed by atoms with Crippen LogP contribution in [0.3, 0.4) is 0 Å². The number of anilines is 1. The largest absolute Gasteiger partial charge is 0.376 e. The average Bonchev–Trinajstić information content (AvgIpc) is 2.87. The number of nitrogens with zero attached hydrogens (tertiary/aromatic N) is 3. The van der Waals surface area contributed by atoms with E-state index in [0.29, 0.717) is 6.10 Å². The second-order valence-electron chi connectivity index (χ2n) is 4.71. The standard InChI is InChI=1S/C13H17N3OS/c1-16(8-10-4-2-3-6-17-10)12-11-5-7-18-13(11)15-9-14-12/h5,7,9-10H,2-4,6,8H2,1H3. The van der Waals surface area contributed by atoms with Gasteiger partial charge in [-0.1, -0.05) is 0 Å². The van der Waals surface area contributed by atoms with Gasteiger partial charge in [0.15, 0.2) is 0 Å². The topological polar surface area (TPSA) is 38.2 Å². The van der Waals surface area contributed by atoms with Crippen LogP contribution in [0.2, 0.25) is 0 Å². The van der Waals surface area contributed by atoms with Crippen molar-refractivity contribution in [2.45, 2.75) is 25.4 Å². The Kier molecular flexibility index (Phi) is 3.43. The van der Waals surface area contributed by atoms with Crippen molar-refractivity contribution in [2.24, 2.45) is 0 Å². The van der Waals surface area contributed by atoms with Crippen molar-refractivity contribution in [3.05, 3.63) is 17.8 Å². The lowest BCUT2D eigenvalue weighted by molar-refractivity contribution is 0.0215. The van der Waals surface area contributed by atoms with Gasteiger partial charge in [0.05, 0.1) is 11.5 Å². The summed E-state index contributed by atoms with van der Waals surface area (Å²) in [7, 11) is 2.08. The molecule has 0 spiro atoms. The predicted molar refractivity (Wildman–Crippen MR) is 74.3 cm³/mol. The fraction of sp³-hybridized carbons (Fsp3) is 0.538. The molecule has 0 radical (unpaired) electrons. The van der Waals surface area contributed by atoms with E-state index in [1.165, 1.54) is 12.8 Å². The first-order valence-corrected chi connectivity index (χ1v) is 7.23. The van der Waals surface area contributed by atoms with Crippen LogP contribution in [0.4, 0.5) is 5.82 Å². The molecule has 2 aromatic heterocycles. The minimum atomic E-state index is 0.340. The summed E-state index contributed by atoms with van der Waals surface area (Å²) < 4.78 is 5.78. The molecule has 0 N–H and O–H groups in total. The second kappa shape index (κ2) is 5.20. The van der Waals surface area contributed by atoms with Gasteiger partial charge in [0.1, 0.15) is 17.0 Å². The number of rotatable bonds is 3. The van der Waals surface area contributed by atoms with Crippen molar-refractivity contribution in [3.63, 3.8) is 0 Å². The maximum absolute atomic E-state index is 5.78. The van der Waals surface area contributed by atoms with Crippen LogP contribution in [-0.4, -0.2) is 36.3 Å². The fourth-order valence-corrected chi connectivity index (χ4v) is 3.15. The number of fused-ring (bicyclic) bond motifs is 1. The molecule has 18 heavy (non-hydrogen) atoms. The van der Waals surface area contributed by atoms with Crippen LogP contribution < -0.4 is 4.90 Å². The average molecular weight is 263 g/mol. The van der Waals surface area contributed by atoms with E-state index in [9.17, 15) is 0 Å². The van der Waals surface area contributed by atoms with Crippen molar-refractivity contribution < 1.29 is 4.74 Å². The maximum Gasteiger partial charge on any atom is 0.140 e. The number of likely N-dealkylation sites (N-methyl/N-ethyl adjacent to an activating group) is 1. The van der Waals surface area contributed by atoms with Crippen molar-refractivity contribution >= 4 is 27.4 Å². The summed E-state index contributed by atoms with van der Waals surface area (Å²) in [5.41, 5.74) is 0. The van der Waals surface area contributed by atoms with Crippen LogP contribution in [0.15, 0.2) is 17.8 Å². The lowest BCUT2D eigenvalue weighted by Crippen LogP contribution is -2.33. The number of hydrogen-bond acceptors (Lipinski definition) is 5. The maximum atomic E-state index is 5.78. The van der Waals surface area contributed by atoms with Gasteiger partial charge in [-0.3, -0.25) is 0 Å². The summed E-state index contributed by atoms with van der Waals surface area (Å²) in [4.78, 5) is 11.9.